The molecule has 0 aromatic heterocycles. The third-order valence-corrected chi connectivity index (χ3v) is 2.88. The van der Waals surface area contributed by atoms with Crippen molar-refractivity contribution in [1.29, 1.82) is 0 Å². The molecule has 4 heteroatoms. The van der Waals surface area contributed by atoms with Gasteiger partial charge in [-0.1, -0.05) is 24.3 Å². The molecule has 2 N–H and O–H groups in total. The van der Waals surface area contributed by atoms with E-state index in [1.165, 1.54) is 0 Å². The van der Waals surface area contributed by atoms with E-state index >= 15 is 0 Å². The zero-order valence-corrected chi connectivity index (χ0v) is 11.2. The van der Waals surface area contributed by atoms with Gasteiger partial charge in [0.15, 0.2) is 0 Å². The maximum atomic E-state index is 10.8. The molecule has 0 aliphatic carbocycles. The maximum Gasteiger partial charge on any atom is 0.307 e. The lowest BCUT2D eigenvalue weighted by Gasteiger charge is -2.23. The quantitative estimate of drug-likeness (QED) is 0.776. The van der Waals surface area contributed by atoms with E-state index < -0.39 is 5.97 Å². The summed E-state index contributed by atoms with van der Waals surface area (Å²) in [6.07, 6.45) is 0.0610. The molecule has 0 amide bonds. The average Bonchev–Trinajstić information content (AvgIpc) is 2.30. The summed E-state index contributed by atoms with van der Waals surface area (Å²) in [5, 5.41) is 12.1. The van der Waals surface area contributed by atoms with Gasteiger partial charge in [0, 0.05) is 20.2 Å². The molecule has 1 rings (SSSR count). The lowest BCUT2D eigenvalue weighted by atomic mass is 10.0. The number of rotatable bonds is 7. The number of methoxy groups -OCH3 is 1. The van der Waals surface area contributed by atoms with E-state index in [1.807, 2.05) is 38.1 Å². The first-order chi connectivity index (χ1) is 8.44. The molecular formula is C14H21NO3. The second-order valence-corrected chi connectivity index (χ2v) is 4.91. The standard InChI is InChI=1S/C14H21NO3/c1-14(2,18-3)10-15-9-12-7-5-4-6-11(12)8-13(16)17/h4-7,15H,8-10H2,1-3H3,(H,16,17). The van der Waals surface area contributed by atoms with Gasteiger partial charge in [0.1, 0.15) is 0 Å². The molecule has 1 aromatic carbocycles. The number of benzene rings is 1. The highest BCUT2D eigenvalue weighted by molar-refractivity contribution is 5.70. The molecule has 1 aromatic rings. The fraction of sp³-hybridized carbons (Fsp3) is 0.500. The molecule has 0 radical (unpaired) electrons. The fourth-order valence-corrected chi connectivity index (χ4v) is 1.64. The summed E-state index contributed by atoms with van der Waals surface area (Å²) in [7, 11) is 1.68. The van der Waals surface area contributed by atoms with Crippen LogP contribution in [0.5, 0.6) is 0 Å². The van der Waals surface area contributed by atoms with Gasteiger partial charge in [-0.25, -0.2) is 0 Å². The fourth-order valence-electron chi connectivity index (χ4n) is 1.64. The van der Waals surface area contributed by atoms with Crippen molar-refractivity contribution >= 4 is 5.97 Å². The summed E-state index contributed by atoms with van der Waals surface area (Å²) in [5.74, 6) is -0.806. The highest BCUT2D eigenvalue weighted by atomic mass is 16.5. The van der Waals surface area contributed by atoms with E-state index in [1.54, 1.807) is 7.11 Å². The maximum absolute atomic E-state index is 10.8. The number of hydrogen-bond acceptors (Lipinski definition) is 3. The van der Waals surface area contributed by atoms with Crippen LogP contribution in [0, 0.1) is 0 Å². The third-order valence-electron chi connectivity index (χ3n) is 2.88. The van der Waals surface area contributed by atoms with E-state index in [2.05, 4.69) is 5.32 Å². The van der Waals surface area contributed by atoms with Gasteiger partial charge in [-0.2, -0.15) is 0 Å². The molecule has 18 heavy (non-hydrogen) atoms. The SMILES string of the molecule is COC(C)(C)CNCc1ccccc1CC(=O)O. The summed E-state index contributed by atoms with van der Waals surface area (Å²) >= 11 is 0. The Morgan fingerprint density at radius 3 is 2.50 bits per heavy atom. The number of nitrogens with one attached hydrogen (secondary N) is 1. The number of carboxylic acids is 1. The van der Waals surface area contributed by atoms with Crippen LogP contribution in [0.25, 0.3) is 0 Å². The zero-order chi connectivity index (χ0) is 13.6. The van der Waals surface area contributed by atoms with Crippen molar-refractivity contribution < 1.29 is 14.6 Å². The number of ether oxygens (including phenoxy) is 1. The Morgan fingerprint density at radius 2 is 1.94 bits per heavy atom. The zero-order valence-electron chi connectivity index (χ0n) is 11.2. The van der Waals surface area contributed by atoms with Crippen LogP contribution >= 0.6 is 0 Å². The van der Waals surface area contributed by atoms with E-state index in [-0.39, 0.29) is 12.0 Å². The van der Waals surface area contributed by atoms with E-state index in [0.717, 1.165) is 11.1 Å². The van der Waals surface area contributed by atoms with Crippen molar-refractivity contribution in [2.45, 2.75) is 32.4 Å². The topological polar surface area (TPSA) is 58.6 Å². The Balaban J connectivity index is 2.59. The number of carbonyl (C=O) groups is 1. The van der Waals surface area contributed by atoms with E-state index in [9.17, 15) is 4.79 Å². The predicted octanol–water partition coefficient (Wildman–Crippen LogP) is 1.83. The first-order valence-corrected chi connectivity index (χ1v) is 5.99. The second kappa shape index (κ2) is 6.52. The summed E-state index contributed by atoms with van der Waals surface area (Å²) in [4.78, 5) is 10.8. The largest absolute Gasteiger partial charge is 0.481 e. The molecule has 0 aliphatic rings. The second-order valence-electron chi connectivity index (χ2n) is 4.91. The molecular weight excluding hydrogens is 230 g/mol. The molecule has 100 valence electrons. The van der Waals surface area contributed by atoms with Gasteiger partial charge in [-0.3, -0.25) is 4.79 Å². The Morgan fingerprint density at radius 1 is 1.33 bits per heavy atom. The van der Waals surface area contributed by atoms with Crippen molar-refractivity contribution in [2.24, 2.45) is 0 Å². The smallest absolute Gasteiger partial charge is 0.307 e. The lowest BCUT2D eigenvalue weighted by molar-refractivity contribution is -0.136. The summed E-state index contributed by atoms with van der Waals surface area (Å²) in [5.41, 5.74) is 1.65. The molecule has 0 atom stereocenters. The van der Waals surface area contributed by atoms with Gasteiger partial charge >= 0.3 is 5.97 Å². The van der Waals surface area contributed by atoms with Crippen molar-refractivity contribution in [3.8, 4) is 0 Å². The normalized spacial score (nSPS) is 11.5. The van der Waals surface area contributed by atoms with Crippen molar-refractivity contribution in [3.05, 3.63) is 35.4 Å². The van der Waals surface area contributed by atoms with Crippen LogP contribution in [-0.4, -0.2) is 30.3 Å². The molecule has 4 nitrogen and oxygen atoms in total. The first-order valence-electron chi connectivity index (χ1n) is 5.99. The van der Waals surface area contributed by atoms with E-state index in [4.69, 9.17) is 9.84 Å². The van der Waals surface area contributed by atoms with Crippen molar-refractivity contribution in [2.75, 3.05) is 13.7 Å². The minimum absolute atomic E-state index is 0.0610. The van der Waals surface area contributed by atoms with Gasteiger partial charge in [-0.05, 0) is 25.0 Å². The first kappa shape index (κ1) is 14.7. The minimum atomic E-state index is -0.806. The van der Waals surface area contributed by atoms with E-state index in [0.29, 0.717) is 13.1 Å². The van der Waals surface area contributed by atoms with Crippen LogP contribution < -0.4 is 5.32 Å². The minimum Gasteiger partial charge on any atom is -0.481 e. The predicted molar refractivity (Wildman–Crippen MR) is 70.6 cm³/mol. The van der Waals surface area contributed by atoms with Crippen LogP contribution in [-0.2, 0) is 22.5 Å². The van der Waals surface area contributed by atoms with Crippen LogP contribution in [0.15, 0.2) is 24.3 Å². The molecule has 0 heterocycles. The lowest BCUT2D eigenvalue weighted by Crippen LogP contribution is -2.36. The van der Waals surface area contributed by atoms with Gasteiger partial charge in [0.25, 0.3) is 0 Å². The van der Waals surface area contributed by atoms with Crippen LogP contribution in [0.2, 0.25) is 0 Å². The van der Waals surface area contributed by atoms with Gasteiger partial charge in [0.05, 0.1) is 12.0 Å². The molecule has 0 aliphatic heterocycles. The Kier molecular flexibility index (Phi) is 5.31. The molecule has 0 fully saturated rings. The Hall–Kier alpha value is -1.39. The van der Waals surface area contributed by atoms with Gasteiger partial charge < -0.3 is 15.2 Å². The highest BCUT2D eigenvalue weighted by Crippen LogP contribution is 2.11. The van der Waals surface area contributed by atoms with Gasteiger partial charge in [-0.15, -0.1) is 0 Å². The molecule has 0 spiro atoms. The van der Waals surface area contributed by atoms with Crippen LogP contribution in [0.3, 0.4) is 0 Å². The summed E-state index contributed by atoms with van der Waals surface area (Å²) in [6.45, 7) is 5.37. The van der Waals surface area contributed by atoms with Crippen LogP contribution in [0.1, 0.15) is 25.0 Å². The molecule has 0 saturated heterocycles. The van der Waals surface area contributed by atoms with Gasteiger partial charge in [0.2, 0.25) is 0 Å². The number of aliphatic carboxylic acids is 1. The number of carboxylic acid groups (broad SMARTS) is 1. The van der Waals surface area contributed by atoms with Crippen molar-refractivity contribution in [1.82, 2.24) is 5.32 Å². The average molecular weight is 251 g/mol. The molecule has 0 saturated carbocycles. The summed E-state index contributed by atoms with van der Waals surface area (Å²) < 4.78 is 5.31. The molecule has 0 unspecified atom stereocenters. The van der Waals surface area contributed by atoms with Crippen LogP contribution in [0.4, 0.5) is 0 Å². The monoisotopic (exact) mass is 251 g/mol. The molecule has 0 bridgehead atoms. The Bertz CT molecular complexity index is 402. The highest BCUT2D eigenvalue weighted by Gasteiger charge is 2.15. The van der Waals surface area contributed by atoms with Crippen molar-refractivity contribution in [3.63, 3.8) is 0 Å². The third kappa shape index (κ3) is 4.85. The summed E-state index contributed by atoms with van der Waals surface area (Å²) in [6, 6.07) is 7.59. The Labute approximate surface area is 108 Å². The number of hydrogen-bond donors (Lipinski definition) is 2.